The first-order valence-electron chi connectivity index (χ1n) is 5.84. The molecule has 7 nitrogen and oxygen atoms in total. The van der Waals surface area contributed by atoms with Crippen molar-refractivity contribution in [3.05, 3.63) is 74.1 Å². The van der Waals surface area contributed by atoms with Gasteiger partial charge in [-0.05, 0) is 24.3 Å². The molecule has 122 valence electrons. The van der Waals surface area contributed by atoms with E-state index in [0.717, 1.165) is 24.3 Å². The van der Waals surface area contributed by atoms with Gasteiger partial charge in [0.05, 0.1) is 17.0 Å². The van der Waals surface area contributed by atoms with E-state index in [1.54, 1.807) is 0 Å². The van der Waals surface area contributed by atoms with Gasteiger partial charge in [-0.3, -0.25) is 20.2 Å². The van der Waals surface area contributed by atoms with E-state index in [1.165, 1.54) is 19.2 Å². The van der Waals surface area contributed by atoms with Crippen LogP contribution in [0.4, 0.5) is 24.5 Å². The Morgan fingerprint density at radius 3 is 1.52 bits per heavy atom. The summed E-state index contributed by atoms with van der Waals surface area (Å²) in [6, 6.07) is 6.43. The maximum absolute atomic E-state index is 12.8. The number of hydrogen-bond acceptors (Lipinski definition) is 5. The first-order chi connectivity index (χ1) is 10.8. The van der Waals surface area contributed by atoms with E-state index >= 15 is 0 Å². The monoisotopic (exact) mass is 330 g/mol. The smallest absolute Gasteiger partial charge is 0.346 e. The second kappa shape index (κ2) is 7.73. The van der Waals surface area contributed by atoms with Crippen molar-refractivity contribution in [2.45, 2.75) is 0 Å². The van der Waals surface area contributed by atoms with E-state index in [0.29, 0.717) is 0 Å². The standard InChI is InChI=1S/C7H6FNO3.C6H3F2NO2/c1-12-6-4-2-3-5(8)7(6)9(10)11;7-4-2-1-3-5(8)6(4)9(10)11/h2-4H,1H3;1-3H. The lowest BCUT2D eigenvalue weighted by Crippen LogP contribution is -1.96. The predicted octanol–water partition coefficient (Wildman–Crippen LogP) is 3.62. The molecule has 0 fully saturated rings. The minimum Gasteiger partial charge on any atom is -0.490 e. The molecule has 2 rings (SSSR count). The van der Waals surface area contributed by atoms with Crippen LogP contribution in [0.5, 0.6) is 5.75 Å². The van der Waals surface area contributed by atoms with Crippen molar-refractivity contribution in [2.75, 3.05) is 7.11 Å². The Kier molecular flexibility index (Phi) is 6.01. The zero-order chi connectivity index (χ0) is 17.6. The van der Waals surface area contributed by atoms with Crippen LogP contribution in [0.3, 0.4) is 0 Å². The summed E-state index contributed by atoms with van der Waals surface area (Å²) < 4.78 is 42.2. The molecule has 0 spiro atoms. The van der Waals surface area contributed by atoms with Gasteiger partial charge in [-0.25, -0.2) is 0 Å². The zero-order valence-electron chi connectivity index (χ0n) is 11.5. The first-order valence-corrected chi connectivity index (χ1v) is 5.84. The van der Waals surface area contributed by atoms with Gasteiger partial charge in [0.15, 0.2) is 5.75 Å². The number of benzene rings is 2. The molecule has 0 atom stereocenters. The summed E-state index contributed by atoms with van der Waals surface area (Å²) in [6.07, 6.45) is 0. The summed E-state index contributed by atoms with van der Waals surface area (Å²) in [5.41, 5.74) is -1.73. The maximum atomic E-state index is 12.8. The Morgan fingerprint density at radius 1 is 0.826 bits per heavy atom. The van der Waals surface area contributed by atoms with Gasteiger partial charge in [0, 0.05) is 0 Å². The molecule has 0 N–H and O–H groups in total. The number of ether oxygens (including phenoxy) is 1. The number of nitro benzene ring substituents is 2. The topological polar surface area (TPSA) is 95.5 Å². The van der Waals surface area contributed by atoms with Crippen LogP contribution in [0.1, 0.15) is 0 Å². The van der Waals surface area contributed by atoms with Crippen LogP contribution in [-0.2, 0) is 0 Å². The summed E-state index contributed by atoms with van der Waals surface area (Å²) >= 11 is 0. The molecule has 2 aromatic rings. The Bertz CT molecular complexity index is 719. The van der Waals surface area contributed by atoms with Crippen LogP contribution in [0, 0.1) is 37.7 Å². The van der Waals surface area contributed by atoms with E-state index in [1.807, 2.05) is 0 Å². The van der Waals surface area contributed by atoms with Gasteiger partial charge in [-0.1, -0.05) is 12.1 Å². The summed E-state index contributed by atoms with van der Waals surface area (Å²) in [4.78, 5) is 18.4. The zero-order valence-corrected chi connectivity index (χ0v) is 11.5. The van der Waals surface area contributed by atoms with Gasteiger partial charge >= 0.3 is 11.4 Å². The molecular weight excluding hydrogens is 321 g/mol. The Balaban J connectivity index is 0.000000231. The van der Waals surface area contributed by atoms with Crippen molar-refractivity contribution in [3.63, 3.8) is 0 Å². The van der Waals surface area contributed by atoms with Crippen molar-refractivity contribution in [3.8, 4) is 5.75 Å². The third kappa shape index (κ3) is 4.40. The summed E-state index contributed by atoms with van der Waals surface area (Å²) in [5.74, 6) is -3.27. The fourth-order valence-corrected chi connectivity index (χ4v) is 1.50. The third-order valence-electron chi connectivity index (χ3n) is 2.47. The second-order valence-electron chi connectivity index (χ2n) is 3.88. The number of para-hydroxylation sites is 2. The van der Waals surface area contributed by atoms with Crippen molar-refractivity contribution in [1.82, 2.24) is 0 Å². The molecule has 0 amide bonds. The molecule has 0 aliphatic rings. The lowest BCUT2D eigenvalue weighted by atomic mass is 10.3. The summed E-state index contributed by atoms with van der Waals surface area (Å²) in [5, 5.41) is 20.3. The van der Waals surface area contributed by atoms with Crippen molar-refractivity contribution in [1.29, 1.82) is 0 Å². The van der Waals surface area contributed by atoms with Gasteiger partial charge in [0.2, 0.25) is 17.5 Å². The number of nitro groups is 2. The van der Waals surface area contributed by atoms with E-state index < -0.39 is 38.7 Å². The van der Waals surface area contributed by atoms with Gasteiger partial charge in [0.1, 0.15) is 0 Å². The first kappa shape index (κ1) is 17.9. The quantitative estimate of drug-likeness (QED) is 0.632. The minimum atomic E-state index is -1.16. The van der Waals surface area contributed by atoms with Crippen LogP contribution in [0.15, 0.2) is 36.4 Å². The molecular formula is C13H9F3N2O5. The fraction of sp³-hybridized carbons (Fsp3) is 0.0769. The highest BCUT2D eigenvalue weighted by Gasteiger charge is 2.20. The van der Waals surface area contributed by atoms with Crippen LogP contribution in [-0.4, -0.2) is 17.0 Å². The van der Waals surface area contributed by atoms with E-state index in [9.17, 15) is 33.4 Å². The van der Waals surface area contributed by atoms with Crippen molar-refractivity contribution < 1.29 is 27.8 Å². The van der Waals surface area contributed by atoms with Crippen molar-refractivity contribution >= 4 is 11.4 Å². The normalized spacial score (nSPS) is 9.57. The van der Waals surface area contributed by atoms with Gasteiger partial charge in [0.25, 0.3) is 0 Å². The predicted molar refractivity (Wildman–Crippen MR) is 72.6 cm³/mol. The Hall–Kier alpha value is -3.17. The molecule has 2 aromatic carbocycles. The summed E-state index contributed by atoms with van der Waals surface area (Å²) in [6.45, 7) is 0. The highest BCUT2D eigenvalue weighted by atomic mass is 19.1. The van der Waals surface area contributed by atoms with Gasteiger partial charge in [-0.2, -0.15) is 13.2 Å². The van der Waals surface area contributed by atoms with Crippen LogP contribution in [0.25, 0.3) is 0 Å². The molecule has 0 saturated carbocycles. The van der Waals surface area contributed by atoms with E-state index in [2.05, 4.69) is 4.74 Å². The average Bonchev–Trinajstić information content (AvgIpc) is 2.46. The van der Waals surface area contributed by atoms with E-state index in [4.69, 9.17) is 0 Å². The molecule has 0 aliphatic heterocycles. The molecule has 0 radical (unpaired) electrons. The lowest BCUT2D eigenvalue weighted by Gasteiger charge is -2.00. The highest BCUT2D eigenvalue weighted by Crippen LogP contribution is 2.28. The lowest BCUT2D eigenvalue weighted by molar-refractivity contribution is -0.390. The molecule has 0 heterocycles. The largest absolute Gasteiger partial charge is 0.490 e. The number of nitrogens with zero attached hydrogens (tertiary/aromatic N) is 2. The molecule has 0 saturated heterocycles. The molecule has 0 aromatic heterocycles. The maximum Gasteiger partial charge on any atom is 0.346 e. The molecule has 23 heavy (non-hydrogen) atoms. The third-order valence-corrected chi connectivity index (χ3v) is 2.47. The second-order valence-corrected chi connectivity index (χ2v) is 3.88. The fourth-order valence-electron chi connectivity index (χ4n) is 1.50. The highest BCUT2D eigenvalue weighted by molar-refractivity contribution is 5.46. The number of hydrogen-bond donors (Lipinski definition) is 0. The van der Waals surface area contributed by atoms with Crippen LogP contribution >= 0.6 is 0 Å². The number of rotatable bonds is 3. The van der Waals surface area contributed by atoms with Crippen LogP contribution < -0.4 is 4.74 Å². The minimum absolute atomic E-state index is 0.0694. The Labute approximate surface area is 127 Å². The molecule has 0 aliphatic carbocycles. The van der Waals surface area contributed by atoms with Crippen molar-refractivity contribution in [2.24, 2.45) is 0 Å². The summed E-state index contributed by atoms with van der Waals surface area (Å²) in [7, 11) is 1.25. The van der Waals surface area contributed by atoms with E-state index in [-0.39, 0.29) is 5.75 Å². The molecule has 0 bridgehead atoms. The Morgan fingerprint density at radius 2 is 1.22 bits per heavy atom. The van der Waals surface area contributed by atoms with Crippen LogP contribution in [0.2, 0.25) is 0 Å². The number of halogens is 3. The SMILES string of the molecule is COc1cccc(F)c1[N+](=O)[O-].O=[N+]([O-])c1c(F)cccc1F. The van der Waals surface area contributed by atoms with Gasteiger partial charge in [-0.15, -0.1) is 0 Å². The van der Waals surface area contributed by atoms with Gasteiger partial charge < -0.3 is 4.74 Å². The average molecular weight is 330 g/mol. The molecule has 0 unspecified atom stereocenters. The number of methoxy groups -OCH3 is 1. The molecule has 10 heteroatoms.